The summed E-state index contributed by atoms with van der Waals surface area (Å²) in [6, 6.07) is 0.123. The van der Waals surface area contributed by atoms with Gasteiger partial charge in [-0.1, -0.05) is 11.3 Å². The third kappa shape index (κ3) is 2.95. The Hall–Kier alpha value is -1.99. The van der Waals surface area contributed by atoms with Gasteiger partial charge in [0, 0.05) is 45.4 Å². The average molecular weight is 302 g/mol. The van der Waals surface area contributed by atoms with E-state index in [2.05, 4.69) is 26.9 Å². The van der Waals surface area contributed by atoms with Gasteiger partial charge in [0.25, 0.3) is 0 Å². The van der Waals surface area contributed by atoms with Crippen molar-refractivity contribution < 1.29 is 4.74 Å². The standard InChI is InChI=1S/C15H22N6O/c1-4-7-22-11-14-15-13(20(3)18-17-15)5-6-21(14)10-12-8-16-19(2)9-12/h4,8-9,14H,1,5-7,10-11H2,2-3H3. The Morgan fingerprint density at radius 1 is 1.45 bits per heavy atom. The fourth-order valence-corrected chi connectivity index (χ4v) is 2.94. The van der Waals surface area contributed by atoms with Gasteiger partial charge in [0.15, 0.2) is 0 Å². The van der Waals surface area contributed by atoms with Crippen molar-refractivity contribution in [2.75, 3.05) is 19.8 Å². The Morgan fingerprint density at radius 2 is 2.32 bits per heavy atom. The molecule has 1 unspecified atom stereocenters. The molecule has 3 heterocycles. The largest absolute Gasteiger partial charge is 0.375 e. The lowest BCUT2D eigenvalue weighted by atomic mass is 10.0. The zero-order valence-electron chi connectivity index (χ0n) is 13.1. The summed E-state index contributed by atoms with van der Waals surface area (Å²) >= 11 is 0. The molecule has 0 fully saturated rings. The zero-order valence-corrected chi connectivity index (χ0v) is 13.1. The van der Waals surface area contributed by atoms with Gasteiger partial charge in [0.05, 0.1) is 31.1 Å². The van der Waals surface area contributed by atoms with Crippen LogP contribution in [-0.2, 0) is 31.8 Å². The second-order valence-corrected chi connectivity index (χ2v) is 5.63. The average Bonchev–Trinajstić information content (AvgIpc) is 3.08. The lowest BCUT2D eigenvalue weighted by Gasteiger charge is -2.34. The third-order valence-electron chi connectivity index (χ3n) is 4.02. The Labute approximate surface area is 130 Å². The first-order valence-corrected chi connectivity index (χ1v) is 7.47. The summed E-state index contributed by atoms with van der Waals surface area (Å²) in [6.45, 7) is 6.65. The van der Waals surface area contributed by atoms with E-state index in [0.717, 1.165) is 25.2 Å². The molecule has 3 rings (SSSR count). The molecule has 2 aromatic rings. The summed E-state index contributed by atoms with van der Waals surface area (Å²) in [4.78, 5) is 2.39. The minimum absolute atomic E-state index is 0.123. The number of aryl methyl sites for hydroxylation is 2. The molecule has 118 valence electrons. The van der Waals surface area contributed by atoms with E-state index in [1.807, 2.05) is 35.9 Å². The number of hydrogen-bond donors (Lipinski definition) is 0. The maximum atomic E-state index is 5.70. The minimum atomic E-state index is 0.123. The molecule has 0 amide bonds. The molecule has 1 atom stereocenters. The SMILES string of the molecule is C=CCOCC1c2nnn(C)c2CCN1Cc1cnn(C)c1. The van der Waals surface area contributed by atoms with Gasteiger partial charge >= 0.3 is 0 Å². The van der Waals surface area contributed by atoms with Crippen LogP contribution < -0.4 is 0 Å². The Kier molecular flexibility index (Phi) is 4.35. The lowest BCUT2D eigenvalue weighted by Crippen LogP contribution is -2.38. The number of ether oxygens (including phenoxy) is 1. The van der Waals surface area contributed by atoms with Gasteiger partial charge in [0.2, 0.25) is 0 Å². The van der Waals surface area contributed by atoms with Gasteiger partial charge in [-0.3, -0.25) is 14.3 Å². The molecule has 0 aliphatic carbocycles. The van der Waals surface area contributed by atoms with E-state index in [-0.39, 0.29) is 6.04 Å². The molecule has 0 N–H and O–H groups in total. The molecule has 7 heteroatoms. The van der Waals surface area contributed by atoms with Crippen molar-refractivity contribution in [2.24, 2.45) is 14.1 Å². The highest BCUT2D eigenvalue weighted by atomic mass is 16.5. The van der Waals surface area contributed by atoms with E-state index >= 15 is 0 Å². The van der Waals surface area contributed by atoms with Gasteiger partial charge in [0.1, 0.15) is 5.69 Å². The predicted octanol–water partition coefficient (Wildman–Crippen LogP) is 0.851. The highest BCUT2D eigenvalue weighted by molar-refractivity contribution is 5.20. The van der Waals surface area contributed by atoms with Crippen LogP contribution in [-0.4, -0.2) is 49.4 Å². The molecular weight excluding hydrogens is 280 g/mol. The van der Waals surface area contributed by atoms with Crippen LogP contribution >= 0.6 is 0 Å². The van der Waals surface area contributed by atoms with Crippen molar-refractivity contribution in [1.82, 2.24) is 29.7 Å². The van der Waals surface area contributed by atoms with Crippen LogP contribution in [0, 0.1) is 0 Å². The summed E-state index contributed by atoms with van der Waals surface area (Å²) in [5, 5.41) is 12.8. The summed E-state index contributed by atoms with van der Waals surface area (Å²) < 4.78 is 9.41. The van der Waals surface area contributed by atoms with Crippen LogP contribution in [0.25, 0.3) is 0 Å². The maximum Gasteiger partial charge on any atom is 0.105 e. The molecule has 0 saturated carbocycles. The smallest absolute Gasteiger partial charge is 0.105 e. The topological polar surface area (TPSA) is 61.0 Å². The fraction of sp³-hybridized carbons (Fsp3) is 0.533. The first kappa shape index (κ1) is 14.9. The third-order valence-corrected chi connectivity index (χ3v) is 4.02. The van der Waals surface area contributed by atoms with Gasteiger partial charge in [-0.25, -0.2) is 0 Å². The quantitative estimate of drug-likeness (QED) is 0.585. The Bertz CT molecular complexity index is 646. The predicted molar refractivity (Wildman–Crippen MR) is 82.1 cm³/mol. The van der Waals surface area contributed by atoms with Gasteiger partial charge in [-0.2, -0.15) is 5.10 Å². The molecule has 0 radical (unpaired) electrons. The van der Waals surface area contributed by atoms with E-state index in [1.165, 1.54) is 11.3 Å². The molecule has 2 aromatic heterocycles. The van der Waals surface area contributed by atoms with Crippen molar-refractivity contribution in [3.63, 3.8) is 0 Å². The normalized spacial score (nSPS) is 18.4. The van der Waals surface area contributed by atoms with E-state index in [0.29, 0.717) is 13.2 Å². The summed E-state index contributed by atoms with van der Waals surface area (Å²) in [6.07, 6.45) is 6.69. The minimum Gasteiger partial charge on any atom is -0.375 e. The number of hydrogen-bond acceptors (Lipinski definition) is 5. The van der Waals surface area contributed by atoms with E-state index < -0.39 is 0 Å². The number of fused-ring (bicyclic) bond motifs is 1. The highest BCUT2D eigenvalue weighted by Gasteiger charge is 2.31. The van der Waals surface area contributed by atoms with Crippen LogP contribution in [0.3, 0.4) is 0 Å². The highest BCUT2D eigenvalue weighted by Crippen LogP contribution is 2.29. The molecular formula is C15H22N6O. The van der Waals surface area contributed by atoms with Crippen molar-refractivity contribution >= 4 is 0 Å². The Balaban J connectivity index is 1.80. The summed E-state index contributed by atoms with van der Waals surface area (Å²) in [5.74, 6) is 0. The van der Waals surface area contributed by atoms with Crippen molar-refractivity contribution in [3.8, 4) is 0 Å². The van der Waals surface area contributed by atoms with Crippen LogP contribution in [0.4, 0.5) is 0 Å². The number of nitrogens with zero attached hydrogens (tertiary/aromatic N) is 6. The van der Waals surface area contributed by atoms with Crippen molar-refractivity contribution in [3.05, 3.63) is 42.0 Å². The molecule has 1 aliphatic rings. The van der Waals surface area contributed by atoms with Gasteiger partial charge in [-0.15, -0.1) is 11.7 Å². The number of aromatic nitrogens is 5. The maximum absolute atomic E-state index is 5.70. The molecule has 1 aliphatic heterocycles. The first-order chi connectivity index (χ1) is 10.7. The second kappa shape index (κ2) is 6.41. The summed E-state index contributed by atoms with van der Waals surface area (Å²) in [5.41, 5.74) is 3.43. The molecule has 0 bridgehead atoms. The molecule has 7 nitrogen and oxygen atoms in total. The second-order valence-electron chi connectivity index (χ2n) is 5.63. The monoisotopic (exact) mass is 302 g/mol. The van der Waals surface area contributed by atoms with Crippen LogP contribution in [0.5, 0.6) is 0 Å². The molecule has 0 aromatic carbocycles. The Morgan fingerprint density at radius 3 is 3.05 bits per heavy atom. The van der Waals surface area contributed by atoms with Gasteiger partial charge < -0.3 is 4.74 Å². The lowest BCUT2D eigenvalue weighted by molar-refractivity contribution is 0.0599. The summed E-state index contributed by atoms with van der Waals surface area (Å²) in [7, 11) is 3.88. The van der Waals surface area contributed by atoms with Crippen LogP contribution in [0.15, 0.2) is 25.0 Å². The van der Waals surface area contributed by atoms with E-state index in [4.69, 9.17) is 4.74 Å². The van der Waals surface area contributed by atoms with Crippen molar-refractivity contribution in [1.29, 1.82) is 0 Å². The van der Waals surface area contributed by atoms with E-state index in [1.54, 1.807) is 6.08 Å². The molecule has 0 saturated heterocycles. The van der Waals surface area contributed by atoms with Gasteiger partial charge in [-0.05, 0) is 0 Å². The van der Waals surface area contributed by atoms with E-state index in [9.17, 15) is 0 Å². The first-order valence-electron chi connectivity index (χ1n) is 7.47. The molecule has 22 heavy (non-hydrogen) atoms. The zero-order chi connectivity index (χ0) is 15.5. The van der Waals surface area contributed by atoms with Crippen LogP contribution in [0.2, 0.25) is 0 Å². The fourth-order valence-electron chi connectivity index (χ4n) is 2.94. The van der Waals surface area contributed by atoms with Crippen molar-refractivity contribution in [2.45, 2.75) is 19.0 Å². The van der Waals surface area contributed by atoms with Crippen LogP contribution in [0.1, 0.15) is 23.0 Å². The number of rotatable bonds is 6. The molecule has 0 spiro atoms.